The predicted octanol–water partition coefficient (Wildman–Crippen LogP) is 11.6. The fraction of sp³-hybridized carbons (Fsp3) is 0.491. The van der Waals surface area contributed by atoms with Crippen molar-refractivity contribution >= 4 is 102 Å². The molecule has 0 spiro atoms. The van der Waals surface area contributed by atoms with Gasteiger partial charge in [-0.2, -0.15) is 67.5 Å². The maximum Gasteiger partial charge on any atom is 0.312 e. The van der Waals surface area contributed by atoms with Crippen molar-refractivity contribution in [1.29, 1.82) is 0 Å². The lowest BCUT2D eigenvalue weighted by atomic mass is 9.78. The first kappa shape index (κ1) is 87.3. The van der Waals surface area contributed by atoms with E-state index in [9.17, 15) is 39.9 Å². The van der Waals surface area contributed by atoms with Crippen molar-refractivity contribution in [2.24, 2.45) is 23.7 Å². The Labute approximate surface area is 501 Å². The van der Waals surface area contributed by atoms with Crippen LogP contribution >= 0.6 is 67.5 Å². The highest BCUT2D eigenvalue weighted by Gasteiger charge is 2.50. The molecule has 78 heavy (non-hydrogen) atoms. The summed E-state index contributed by atoms with van der Waals surface area (Å²) >= 11 is 0. The topological polar surface area (TPSA) is 239 Å². The van der Waals surface area contributed by atoms with Gasteiger partial charge in [-0.1, -0.05) is 122 Å². The molecule has 0 saturated heterocycles. The Bertz CT molecular complexity index is 2570. The molecule has 0 aliphatic carbocycles. The summed E-state index contributed by atoms with van der Waals surface area (Å²) in [6.07, 6.45) is 6.95. The first-order valence-electron chi connectivity index (χ1n) is 21.9. The molecular formula is C57H98N4O12S5. The average molecular weight is 1190 g/mol. The van der Waals surface area contributed by atoms with Gasteiger partial charge in [0.2, 0.25) is 0 Å². The summed E-state index contributed by atoms with van der Waals surface area (Å²) in [6, 6.07) is 9.41. The molecule has 16 nitrogen and oxygen atoms in total. The zero-order chi connectivity index (χ0) is 48.2. The molecule has 7 rings (SSSR count). The van der Waals surface area contributed by atoms with E-state index in [1.165, 1.54) is 53.2 Å². The van der Waals surface area contributed by atoms with Crippen LogP contribution in [0.1, 0.15) is 128 Å². The van der Waals surface area contributed by atoms with Gasteiger partial charge in [-0.25, -0.2) is 9.97 Å². The molecule has 448 valence electrons. The number of fused-ring (bicyclic) bond motifs is 14. The lowest BCUT2D eigenvalue weighted by molar-refractivity contribution is -0.160. The number of aliphatic hydroxyl groups is 2. The summed E-state index contributed by atoms with van der Waals surface area (Å²) in [5, 5.41) is 64.5. The third kappa shape index (κ3) is 18.5. The van der Waals surface area contributed by atoms with Gasteiger partial charge in [-0.3, -0.25) is 14.4 Å². The molecule has 0 fully saturated rings. The third-order valence-electron chi connectivity index (χ3n) is 12.8. The lowest BCUT2D eigenvalue weighted by Gasteiger charge is -2.38. The molecule has 4 heterocycles. The van der Waals surface area contributed by atoms with Gasteiger partial charge >= 0.3 is 11.8 Å². The molecule has 3 aliphatic rings. The highest BCUT2D eigenvalue weighted by molar-refractivity contribution is 7.60. The second-order valence-corrected chi connectivity index (χ2v) is 17.4. The van der Waals surface area contributed by atoms with Gasteiger partial charge < -0.3 is 55.1 Å². The number of anilines is 1. The third-order valence-corrected chi connectivity index (χ3v) is 12.8. The minimum Gasteiger partial charge on any atom is -0.507 e. The van der Waals surface area contributed by atoms with Gasteiger partial charge in [-0.15, -0.1) is 0 Å². The summed E-state index contributed by atoms with van der Waals surface area (Å²) in [5.74, 6) is -7.61. The van der Waals surface area contributed by atoms with Gasteiger partial charge in [0.25, 0.3) is 11.7 Å². The van der Waals surface area contributed by atoms with E-state index in [1.807, 2.05) is 24.3 Å². The lowest BCUT2D eigenvalue weighted by Crippen LogP contribution is -2.46. The fourth-order valence-electron chi connectivity index (χ4n) is 8.70. The average Bonchev–Trinajstić information content (AvgIpc) is 3.57. The summed E-state index contributed by atoms with van der Waals surface area (Å²) in [4.78, 5) is 49.4. The van der Waals surface area contributed by atoms with Crippen molar-refractivity contribution in [3.63, 3.8) is 0 Å². The Morgan fingerprint density at radius 1 is 0.795 bits per heavy atom. The van der Waals surface area contributed by atoms with Gasteiger partial charge in [-0.05, 0) is 44.5 Å². The van der Waals surface area contributed by atoms with Crippen LogP contribution in [0.4, 0.5) is 5.69 Å². The number of ether oxygens (including phenoxy) is 4. The van der Waals surface area contributed by atoms with Crippen LogP contribution in [0.25, 0.3) is 22.2 Å². The molecule has 9 atom stereocenters. The highest BCUT2D eigenvalue weighted by Crippen LogP contribution is 2.55. The standard InChI is InChI=1S/C50H60N4O12.7CH4.5H2S/c1-25-12-10-13-26(2)49(62)54-39-34(18-22-51-24-32-14-16-33(17-15-32)48-52-20-11-21-53-48)43(59)36-37(44(39)60)42(58)30(6)46-38(36)47(61)50(8,66-46)64-23-19-35(63-9)27(3)45(65-31(7)55)29(5)41(57)28(4)40(25)56;;;;;;;;;;;;/h10-17,19-21,23,25,27-29,35,40-41,45,51,56-60H,18,22,24H2,1-9H3,(H,54,62);7*1H4;5*1H2/b12-10+,23-19+,26-13-;;;;;;;;;;;;/t25-,27+,28+,29+,35-,40-,41+,45+,50-;;;;;;;;;;;;/m0............/s1. The first-order valence-corrected chi connectivity index (χ1v) is 21.9. The Morgan fingerprint density at radius 2 is 1.37 bits per heavy atom. The number of carbonyl (C=O) groups excluding carboxylic acids is 3. The number of benzene rings is 3. The van der Waals surface area contributed by atoms with Crippen molar-refractivity contribution in [2.75, 3.05) is 19.0 Å². The molecule has 3 aliphatic heterocycles. The number of aromatic hydroxyl groups is 3. The van der Waals surface area contributed by atoms with E-state index in [1.54, 1.807) is 58.3 Å². The van der Waals surface area contributed by atoms with E-state index >= 15 is 0 Å². The van der Waals surface area contributed by atoms with Gasteiger partial charge in [0, 0.05) is 91.2 Å². The first-order chi connectivity index (χ1) is 31.3. The van der Waals surface area contributed by atoms with Crippen LogP contribution < -0.4 is 15.4 Å². The number of hydrogen-bond acceptors (Lipinski definition) is 15. The van der Waals surface area contributed by atoms with Crippen molar-refractivity contribution in [3.05, 3.63) is 101 Å². The summed E-state index contributed by atoms with van der Waals surface area (Å²) in [7, 11) is 1.44. The highest BCUT2D eigenvalue weighted by atomic mass is 32.1. The molecule has 0 unspecified atom stereocenters. The van der Waals surface area contributed by atoms with Crippen LogP contribution in [0.15, 0.2) is 78.9 Å². The molecular weight excluding hydrogens is 1090 g/mol. The van der Waals surface area contributed by atoms with E-state index < -0.39 is 88.8 Å². The maximum atomic E-state index is 14.5. The van der Waals surface area contributed by atoms with Gasteiger partial charge in [0.15, 0.2) is 11.6 Å². The van der Waals surface area contributed by atoms with Crippen LogP contribution in [0, 0.1) is 30.6 Å². The Kier molecular flexibility index (Phi) is 41.8. The number of phenolic OH excluding ortho intramolecular Hbond substituents is 3. The van der Waals surface area contributed by atoms with Crippen molar-refractivity contribution < 1.29 is 58.9 Å². The Balaban J connectivity index is -0.000000840. The van der Waals surface area contributed by atoms with Crippen molar-refractivity contribution in [2.45, 2.75) is 151 Å². The van der Waals surface area contributed by atoms with Crippen LogP contribution in [0.3, 0.4) is 0 Å². The van der Waals surface area contributed by atoms with E-state index in [-0.39, 0.29) is 177 Å². The number of ketones is 1. The van der Waals surface area contributed by atoms with Crippen LogP contribution in [-0.4, -0.2) is 97.0 Å². The van der Waals surface area contributed by atoms with Gasteiger partial charge in [0.05, 0.1) is 41.2 Å². The number of esters is 1. The number of aromatic nitrogens is 2. The molecule has 1 amide bonds. The number of methoxy groups -OCH3 is 1. The number of nitrogens with one attached hydrogen (secondary N) is 2. The molecule has 5 bridgehead atoms. The summed E-state index contributed by atoms with van der Waals surface area (Å²) in [6.45, 7) is 13.2. The molecule has 4 aromatic rings. The molecule has 21 heteroatoms. The number of phenols is 3. The van der Waals surface area contributed by atoms with E-state index in [4.69, 9.17) is 18.9 Å². The number of Topliss-reactive ketones (excluding diaryl/α,β-unsaturated/α-hetero) is 1. The fourth-order valence-corrected chi connectivity index (χ4v) is 8.70. The molecule has 1 aromatic heterocycles. The molecule has 0 saturated carbocycles. The van der Waals surface area contributed by atoms with Crippen LogP contribution in [0.2, 0.25) is 0 Å². The quantitative estimate of drug-likeness (QED) is 0.0376. The molecule has 0 radical (unpaired) electrons. The summed E-state index contributed by atoms with van der Waals surface area (Å²) in [5.41, 5.74) is 1.76. The number of nitrogens with zero attached hydrogens (tertiary/aromatic N) is 2. The number of amides is 1. The zero-order valence-electron chi connectivity index (χ0n) is 41.2. The van der Waals surface area contributed by atoms with Crippen molar-refractivity contribution in [1.82, 2.24) is 15.3 Å². The minimum absolute atomic E-state index is 0. The van der Waals surface area contributed by atoms with E-state index in [0.717, 1.165) is 11.1 Å². The monoisotopic (exact) mass is 1190 g/mol. The number of aliphatic hydroxyl groups excluding tert-OH is 2. The number of allylic oxidation sites excluding steroid dienone is 2. The number of hydrogen-bond donors (Lipinski definition) is 7. The zero-order valence-corrected chi connectivity index (χ0v) is 46.2. The number of rotatable bonds is 8. The maximum absolute atomic E-state index is 14.5. The van der Waals surface area contributed by atoms with Crippen LogP contribution in [-0.2, 0) is 36.8 Å². The smallest absolute Gasteiger partial charge is 0.312 e. The normalized spacial score (nSPS) is 23.7. The second-order valence-electron chi connectivity index (χ2n) is 17.4. The molecule has 7 N–H and O–H groups in total. The van der Waals surface area contributed by atoms with E-state index in [2.05, 4.69) is 20.6 Å². The Hall–Kier alpha value is -4.58. The van der Waals surface area contributed by atoms with Crippen molar-refractivity contribution in [3.8, 4) is 34.4 Å². The van der Waals surface area contributed by atoms with Crippen LogP contribution in [0.5, 0.6) is 23.0 Å². The number of carbonyl (C=O) groups is 3. The Morgan fingerprint density at radius 3 is 1.92 bits per heavy atom. The molecule has 3 aromatic carbocycles. The predicted molar refractivity (Wildman–Crippen MR) is 346 cm³/mol. The largest absolute Gasteiger partial charge is 0.507 e. The SMILES string of the molecule is C.C.C.C.C.C.C.CO[C@H]1/C=C/O[C@@]2(C)Oc3c(C)c(O)c4c(O)c(c(CCNCc5ccc(-c6ncccn6)cc5)c(O)c4c3C2=O)NC(=O)/C(C)=C\C=C\[C@H](C)[C@H](O)[C@@H](C)[C@@H](O)[C@@H](C)[C@H](OC(C)=O)[C@@H]1C.S.S.S.S.S. The van der Waals surface area contributed by atoms with E-state index in [0.29, 0.717) is 12.4 Å². The van der Waals surface area contributed by atoms with Gasteiger partial charge in [0.1, 0.15) is 23.4 Å². The minimum atomic E-state index is -2.05. The second kappa shape index (κ2) is 37.4. The summed E-state index contributed by atoms with van der Waals surface area (Å²) < 4.78 is 23.7.